The van der Waals surface area contributed by atoms with E-state index in [1.807, 2.05) is 0 Å². The van der Waals surface area contributed by atoms with Gasteiger partial charge in [0.2, 0.25) is 0 Å². The molecule has 0 aromatic rings. The van der Waals surface area contributed by atoms with Crippen molar-refractivity contribution < 1.29 is 19.1 Å². The Morgan fingerprint density at radius 2 is 1.90 bits per heavy atom. The summed E-state index contributed by atoms with van der Waals surface area (Å²) in [5, 5.41) is 0. The lowest BCUT2D eigenvalue weighted by molar-refractivity contribution is -0.154. The van der Waals surface area contributed by atoms with Gasteiger partial charge < -0.3 is 9.47 Å². The first-order valence-corrected chi connectivity index (χ1v) is 11.9. The molecule has 30 heavy (non-hydrogen) atoms. The molecule has 164 valence electrons. The lowest BCUT2D eigenvalue weighted by Gasteiger charge is -2.62. The van der Waals surface area contributed by atoms with E-state index in [2.05, 4.69) is 32.9 Å². The lowest BCUT2D eigenvalue weighted by atomic mass is 9.42. The van der Waals surface area contributed by atoms with E-state index in [0.717, 1.165) is 32.1 Å². The van der Waals surface area contributed by atoms with E-state index in [0.29, 0.717) is 31.0 Å². The fraction of sp³-hybridized carbons (Fsp3) is 0.769. The smallest absolute Gasteiger partial charge is 0.314 e. The highest BCUT2D eigenvalue weighted by Gasteiger charge is 2.61. The van der Waals surface area contributed by atoms with Crippen LogP contribution in [0.2, 0.25) is 0 Å². The molecule has 5 aliphatic rings. The zero-order chi connectivity index (χ0) is 21.3. The molecule has 3 fully saturated rings. The quantitative estimate of drug-likeness (QED) is 0.460. The molecule has 0 amide bonds. The van der Waals surface area contributed by atoms with E-state index in [9.17, 15) is 9.59 Å². The number of carbonyl (C=O) groups excluding carboxylic acids is 2. The maximum absolute atomic E-state index is 12.6. The maximum Gasteiger partial charge on any atom is 0.314 e. The van der Waals surface area contributed by atoms with Gasteiger partial charge in [-0.3, -0.25) is 9.59 Å². The summed E-state index contributed by atoms with van der Waals surface area (Å²) in [4.78, 5) is 24.1. The summed E-state index contributed by atoms with van der Waals surface area (Å²) < 4.78 is 11.0. The Bertz CT molecular complexity index is 840. The molecule has 1 saturated heterocycles. The molecule has 0 bridgehead atoms. The molecule has 5 rings (SSSR count). The Kier molecular flexibility index (Phi) is 4.55. The molecule has 0 aromatic carbocycles. The van der Waals surface area contributed by atoms with Crippen LogP contribution in [-0.2, 0) is 19.1 Å². The molecule has 7 atom stereocenters. The number of hydrogen-bond acceptors (Lipinski definition) is 4. The minimum Gasteiger partial charge on any atom is -0.465 e. The van der Waals surface area contributed by atoms with Crippen molar-refractivity contribution in [1.29, 1.82) is 0 Å². The van der Waals surface area contributed by atoms with Crippen molar-refractivity contribution in [1.82, 2.24) is 0 Å². The number of allylic oxidation sites excluding steroid dienone is 3. The molecule has 0 N–H and O–H groups in total. The van der Waals surface area contributed by atoms with Gasteiger partial charge in [0, 0.05) is 12.3 Å². The van der Waals surface area contributed by atoms with E-state index < -0.39 is 0 Å². The predicted molar refractivity (Wildman–Crippen MR) is 114 cm³/mol. The van der Waals surface area contributed by atoms with Crippen LogP contribution >= 0.6 is 0 Å². The molecule has 1 heterocycles. The van der Waals surface area contributed by atoms with Crippen LogP contribution in [0.5, 0.6) is 0 Å². The first-order valence-electron chi connectivity index (χ1n) is 11.9. The Labute approximate surface area is 180 Å². The Balaban J connectivity index is 1.49. The molecule has 0 aromatic heterocycles. The van der Waals surface area contributed by atoms with Crippen molar-refractivity contribution in [3.63, 3.8) is 0 Å². The number of rotatable bonds is 2. The molecule has 0 radical (unpaired) electrons. The minimum atomic E-state index is -0.169. The molecular formula is C26H36O4. The summed E-state index contributed by atoms with van der Waals surface area (Å²) in [6.45, 7) is 9.76. The topological polar surface area (TPSA) is 52.6 Å². The van der Waals surface area contributed by atoms with Gasteiger partial charge in [0.05, 0.1) is 12.5 Å². The number of ether oxygens (including phenoxy) is 2. The van der Waals surface area contributed by atoms with Crippen LogP contribution in [0.1, 0.15) is 72.6 Å². The van der Waals surface area contributed by atoms with Crippen LogP contribution in [-0.4, -0.2) is 25.2 Å². The number of cyclic esters (lactones) is 1. The SMILES string of the molecule is CC(=O)OCC1(C)CCCC2(C)C3CCC4(C)C(CC=C5COC(=O)C54)C3=CCC12. The van der Waals surface area contributed by atoms with Crippen molar-refractivity contribution in [2.45, 2.75) is 72.6 Å². The third-order valence-corrected chi connectivity index (χ3v) is 9.93. The summed E-state index contributed by atoms with van der Waals surface area (Å²) in [6, 6.07) is 0. The highest BCUT2D eigenvalue weighted by molar-refractivity contribution is 5.80. The fourth-order valence-corrected chi connectivity index (χ4v) is 8.46. The second-order valence-corrected chi connectivity index (χ2v) is 11.5. The average Bonchev–Trinajstić information content (AvgIpc) is 3.08. The number of fused-ring (bicyclic) bond motifs is 7. The van der Waals surface area contributed by atoms with Crippen LogP contribution in [0.4, 0.5) is 0 Å². The zero-order valence-corrected chi connectivity index (χ0v) is 19.0. The van der Waals surface area contributed by atoms with Crippen LogP contribution < -0.4 is 0 Å². The summed E-state index contributed by atoms with van der Waals surface area (Å²) >= 11 is 0. The van der Waals surface area contributed by atoms with E-state index in [-0.39, 0.29) is 34.1 Å². The maximum atomic E-state index is 12.6. The Hall–Kier alpha value is -1.58. The first kappa shape index (κ1) is 20.3. The summed E-state index contributed by atoms with van der Waals surface area (Å²) in [7, 11) is 0. The number of carbonyl (C=O) groups is 2. The summed E-state index contributed by atoms with van der Waals surface area (Å²) in [6.07, 6.45) is 12.8. The van der Waals surface area contributed by atoms with Gasteiger partial charge in [-0.1, -0.05) is 44.9 Å². The second-order valence-electron chi connectivity index (χ2n) is 11.5. The van der Waals surface area contributed by atoms with Gasteiger partial charge in [-0.25, -0.2) is 0 Å². The molecule has 2 saturated carbocycles. The van der Waals surface area contributed by atoms with E-state index in [1.165, 1.54) is 25.3 Å². The molecule has 4 nitrogen and oxygen atoms in total. The third-order valence-electron chi connectivity index (χ3n) is 9.93. The number of hydrogen-bond donors (Lipinski definition) is 0. The molecule has 4 heteroatoms. The normalized spacial score (nSPS) is 47.0. The summed E-state index contributed by atoms with van der Waals surface area (Å²) in [5.41, 5.74) is 3.15. The van der Waals surface area contributed by atoms with Gasteiger partial charge in [-0.15, -0.1) is 0 Å². The average molecular weight is 413 g/mol. The second kappa shape index (κ2) is 6.71. The van der Waals surface area contributed by atoms with Crippen LogP contribution in [0.3, 0.4) is 0 Å². The standard InChI is InChI=1S/C26H36O4/c1-16(27)30-15-24(2)11-5-12-25(3)20-10-13-26(4)19(18(20)7-9-21(24)25)8-6-17-14-29-23(28)22(17)26/h6-7,19-22H,5,8-15H2,1-4H3. The minimum absolute atomic E-state index is 0.000907. The van der Waals surface area contributed by atoms with Gasteiger partial charge in [-0.05, 0) is 72.7 Å². The van der Waals surface area contributed by atoms with Crippen molar-refractivity contribution >= 4 is 11.9 Å². The van der Waals surface area contributed by atoms with Crippen molar-refractivity contribution in [3.05, 3.63) is 23.3 Å². The van der Waals surface area contributed by atoms with Crippen molar-refractivity contribution in [2.75, 3.05) is 13.2 Å². The van der Waals surface area contributed by atoms with E-state index in [4.69, 9.17) is 9.47 Å². The largest absolute Gasteiger partial charge is 0.465 e. The fourth-order valence-electron chi connectivity index (χ4n) is 8.46. The molecule has 0 spiro atoms. The van der Waals surface area contributed by atoms with Crippen molar-refractivity contribution in [3.8, 4) is 0 Å². The lowest BCUT2D eigenvalue weighted by Crippen LogP contribution is -2.55. The van der Waals surface area contributed by atoms with Gasteiger partial charge in [0.15, 0.2) is 0 Å². The Morgan fingerprint density at radius 1 is 1.10 bits per heavy atom. The highest BCUT2D eigenvalue weighted by atomic mass is 16.5. The molecule has 1 aliphatic heterocycles. The first-order chi connectivity index (χ1) is 14.2. The van der Waals surface area contributed by atoms with Gasteiger partial charge in [0.1, 0.15) is 6.61 Å². The van der Waals surface area contributed by atoms with Crippen LogP contribution in [0.15, 0.2) is 23.3 Å². The van der Waals surface area contributed by atoms with Crippen molar-refractivity contribution in [2.24, 2.45) is 39.9 Å². The van der Waals surface area contributed by atoms with Gasteiger partial charge in [-0.2, -0.15) is 0 Å². The summed E-state index contributed by atoms with van der Waals surface area (Å²) in [5.74, 6) is 1.37. The predicted octanol–water partition coefficient (Wildman–Crippen LogP) is 5.23. The zero-order valence-electron chi connectivity index (χ0n) is 19.0. The highest BCUT2D eigenvalue weighted by Crippen LogP contribution is 2.67. The molecular weight excluding hydrogens is 376 g/mol. The van der Waals surface area contributed by atoms with Gasteiger partial charge >= 0.3 is 11.9 Å². The van der Waals surface area contributed by atoms with Gasteiger partial charge in [0.25, 0.3) is 0 Å². The third kappa shape index (κ3) is 2.71. The van der Waals surface area contributed by atoms with E-state index in [1.54, 1.807) is 5.57 Å². The van der Waals surface area contributed by atoms with Crippen LogP contribution in [0, 0.1) is 39.9 Å². The molecule has 4 aliphatic carbocycles. The monoisotopic (exact) mass is 412 g/mol. The number of esters is 2. The molecule has 7 unspecified atom stereocenters. The van der Waals surface area contributed by atoms with E-state index >= 15 is 0 Å². The van der Waals surface area contributed by atoms with Crippen LogP contribution in [0.25, 0.3) is 0 Å². The Morgan fingerprint density at radius 3 is 2.67 bits per heavy atom.